The summed E-state index contributed by atoms with van der Waals surface area (Å²) in [5.41, 5.74) is 8.62. The van der Waals surface area contributed by atoms with Crippen molar-refractivity contribution in [3.05, 3.63) is 52.0 Å². The Morgan fingerprint density at radius 3 is 2.57 bits per heavy atom. The predicted octanol–water partition coefficient (Wildman–Crippen LogP) is 2.44. The molecular formula is C22H27N5O2S. The molecular weight excluding hydrogens is 398 g/mol. The van der Waals surface area contributed by atoms with Gasteiger partial charge in [0.1, 0.15) is 4.83 Å². The molecule has 1 aliphatic heterocycles. The van der Waals surface area contributed by atoms with E-state index >= 15 is 0 Å². The molecule has 3 heterocycles. The minimum absolute atomic E-state index is 0.0363. The minimum atomic E-state index is -0.308. The Bertz CT molecular complexity index is 1060. The summed E-state index contributed by atoms with van der Waals surface area (Å²) in [6.45, 7) is 6.57. The largest absolute Gasteiger partial charge is 0.369 e. The van der Waals surface area contributed by atoms with E-state index in [-0.39, 0.29) is 24.4 Å². The number of nitrogens with zero attached hydrogens (tertiary/aromatic N) is 3. The SMILES string of the molecule is Cc1ccc(Cn2nc(C)c3cc(C(=O)NC4CCN(CC(N)=O)CC4)sc32)cc1. The third-order valence-electron chi connectivity index (χ3n) is 5.59. The molecule has 0 radical (unpaired) electrons. The molecule has 0 saturated carbocycles. The standard InChI is InChI=1S/C22H27N5O2S/c1-14-3-5-16(6-4-14)12-27-22-18(15(2)25-27)11-19(30-22)21(29)24-17-7-9-26(10-8-17)13-20(23)28/h3-6,11,17H,7-10,12-13H2,1-2H3,(H2,23,28)(H,24,29). The van der Waals surface area contributed by atoms with E-state index in [1.807, 2.05) is 22.6 Å². The molecule has 0 bridgehead atoms. The number of likely N-dealkylation sites (tertiary alicyclic amines) is 1. The smallest absolute Gasteiger partial charge is 0.261 e. The van der Waals surface area contributed by atoms with E-state index in [1.54, 1.807) is 0 Å². The van der Waals surface area contributed by atoms with Gasteiger partial charge in [-0.25, -0.2) is 0 Å². The highest BCUT2D eigenvalue weighted by atomic mass is 32.1. The lowest BCUT2D eigenvalue weighted by Crippen LogP contribution is -2.46. The van der Waals surface area contributed by atoms with Crippen LogP contribution in [-0.2, 0) is 11.3 Å². The van der Waals surface area contributed by atoms with E-state index < -0.39 is 0 Å². The average molecular weight is 426 g/mol. The summed E-state index contributed by atoms with van der Waals surface area (Å²) in [5.74, 6) is -0.344. The van der Waals surface area contributed by atoms with Crippen molar-refractivity contribution in [2.45, 2.75) is 39.3 Å². The van der Waals surface area contributed by atoms with Crippen LogP contribution in [-0.4, -0.2) is 52.2 Å². The summed E-state index contributed by atoms with van der Waals surface area (Å²) in [6.07, 6.45) is 1.65. The molecule has 0 spiro atoms. The Hall–Kier alpha value is -2.71. The molecule has 4 rings (SSSR count). The maximum Gasteiger partial charge on any atom is 0.261 e. The number of carbonyl (C=O) groups excluding carboxylic acids is 2. The van der Waals surface area contributed by atoms with E-state index in [0.29, 0.717) is 11.4 Å². The van der Waals surface area contributed by atoms with Crippen LogP contribution in [0.25, 0.3) is 10.2 Å². The van der Waals surface area contributed by atoms with Gasteiger partial charge in [-0.15, -0.1) is 11.3 Å². The van der Waals surface area contributed by atoms with Crippen LogP contribution in [0.4, 0.5) is 0 Å². The van der Waals surface area contributed by atoms with Crippen LogP contribution in [0.15, 0.2) is 30.3 Å². The highest BCUT2D eigenvalue weighted by molar-refractivity contribution is 7.20. The molecule has 0 unspecified atom stereocenters. The Balaban J connectivity index is 1.44. The van der Waals surface area contributed by atoms with Gasteiger partial charge in [0.2, 0.25) is 5.91 Å². The first kappa shape index (κ1) is 20.6. The van der Waals surface area contributed by atoms with Gasteiger partial charge in [-0.2, -0.15) is 5.10 Å². The zero-order valence-corrected chi connectivity index (χ0v) is 18.2. The molecule has 1 saturated heterocycles. The van der Waals surface area contributed by atoms with Gasteiger partial charge in [-0.05, 0) is 38.3 Å². The number of piperidine rings is 1. The number of nitrogens with one attached hydrogen (secondary N) is 1. The number of carbonyl (C=O) groups is 2. The molecule has 1 aromatic carbocycles. The van der Waals surface area contributed by atoms with Crippen molar-refractivity contribution in [2.75, 3.05) is 19.6 Å². The Morgan fingerprint density at radius 1 is 1.20 bits per heavy atom. The van der Waals surface area contributed by atoms with Gasteiger partial charge in [0.05, 0.1) is 23.7 Å². The van der Waals surface area contributed by atoms with Gasteiger partial charge in [0.25, 0.3) is 5.91 Å². The summed E-state index contributed by atoms with van der Waals surface area (Å²) in [7, 11) is 0. The van der Waals surface area contributed by atoms with Crippen LogP contribution in [0.2, 0.25) is 0 Å². The highest BCUT2D eigenvalue weighted by Gasteiger charge is 2.23. The van der Waals surface area contributed by atoms with Crippen LogP contribution >= 0.6 is 11.3 Å². The quantitative estimate of drug-likeness (QED) is 0.634. The van der Waals surface area contributed by atoms with Gasteiger partial charge in [-0.1, -0.05) is 29.8 Å². The first-order valence-corrected chi connectivity index (χ1v) is 11.0. The van der Waals surface area contributed by atoms with Crippen LogP contribution in [0.5, 0.6) is 0 Å². The lowest BCUT2D eigenvalue weighted by atomic mass is 10.0. The third kappa shape index (κ3) is 4.55. The molecule has 7 nitrogen and oxygen atoms in total. The van der Waals surface area contributed by atoms with Crippen LogP contribution in [0.1, 0.15) is 39.3 Å². The maximum atomic E-state index is 12.8. The predicted molar refractivity (Wildman–Crippen MR) is 119 cm³/mol. The second-order valence-electron chi connectivity index (χ2n) is 8.05. The van der Waals surface area contributed by atoms with E-state index in [9.17, 15) is 9.59 Å². The molecule has 3 aromatic rings. The number of fused-ring (bicyclic) bond motifs is 1. The second kappa shape index (κ2) is 8.57. The zero-order valence-electron chi connectivity index (χ0n) is 17.4. The number of thiophene rings is 1. The molecule has 158 valence electrons. The first-order valence-electron chi connectivity index (χ1n) is 10.2. The van der Waals surface area contributed by atoms with Crippen molar-refractivity contribution in [3.8, 4) is 0 Å². The number of nitrogens with two attached hydrogens (primary N) is 1. The van der Waals surface area contributed by atoms with E-state index in [1.165, 1.54) is 22.5 Å². The number of hydrogen-bond donors (Lipinski definition) is 2. The van der Waals surface area contributed by atoms with Crippen molar-refractivity contribution >= 4 is 33.4 Å². The fraction of sp³-hybridized carbons (Fsp3) is 0.409. The summed E-state index contributed by atoms with van der Waals surface area (Å²) in [6, 6.07) is 10.5. The molecule has 2 amide bonds. The Morgan fingerprint density at radius 2 is 1.90 bits per heavy atom. The molecule has 0 atom stereocenters. The fourth-order valence-electron chi connectivity index (χ4n) is 3.91. The zero-order chi connectivity index (χ0) is 21.3. The monoisotopic (exact) mass is 425 g/mol. The number of rotatable bonds is 6. The summed E-state index contributed by atoms with van der Waals surface area (Å²) in [5, 5.41) is 8.86. The number of primary amides is 1. The topological polar surface area (TPSA) is 93.2 Å². The molecule has 1 aliphatic rings. The van der Waals surface area contributed by atoms with Crippen molar-refractivity contribution in [1.29, 1.82) is 0 Å². The second-order valence-corrected chi connectivity index (χ2v) is 9.08. The normalized spacial score (nSPS) is 15.5. The molecule has 2 aromatic heterocycles. The minimum Gasteiger partial charge on any atom is -0.369 e. The van der Waals surface area contributed by atoms with Crippen molar-refractivity contribution in [1.82, 2.24) is 20.0 Å². The highest BCUT2D eigenvalue weighted by Crippen LogP contribution is 2.29. The number of aromatic nitrogens is 2. The van der Waals surface area contributed by atoms with Crippen LogP contribution in [0, 0.1) is 13.8 Å². The van der Waals surface area contributed by atoms with E-state index in [4.69, 9.17) is 5.73 Å². The molecule has 8 heteroatoms. The van der Waals surface area contributed by atoms with Gasteiger partial charge >= 0.3 is 0 Å². The number of hydrogen-bond acceptors (Lipinski definition) is 5. The van der Waals surface area contributed by atoms with E-state index in [2.05, 4.69) is 41.6 Å². The van der Waals surface area contributed by atoms with Gasteiger partial charge in [0.15, 0.2) is 0 Å². The van der Waals surface area contributed by atoms with Gasteiger partial charge in [-0.3, -0.25) is 19.2 Å². The van der Waals surface area contributed by atoms with Crippen molar-refractivity contribution in [2.24, 2.45) is 5.73 Å². The lowest BCUT2D eigenvalue weighted by Gasteiger charge is -2.31. The fourth-order valence-corrected chi connectivity index (χ4v) is 4.97. The van der Waals surface area contributed by atoms with Gasteiger partial charge < -0.3 is 11.1 Å². The number of benzene rings is 1. The lowest BCUT2D eigenvalue weighted by molar-refractivity contribution is -0.119. The van der Waals surface area contributed by atoms with E-state index in [0.717, 1.165) is 41.8 Å². The Kier molecular flexibility index (Phi) is 5.87. The molecule has 3 N–H and O–H groups in total. The van der Waals surface area contributed by atoms with Crippen LogP contribution < -0.4 is 11.1 Å². The van der Waals surface area contributed by atoms with Crippen molar-refractivity contribution in [3.63, 3.8) is 0 Å². The van der Waals surface area contributed by atoms with Gasteiger partial charge in [0, 0.05) is 24.5 Å². The molecule has 0 aliphatic carbocycles. The molecule has 30 heavy (non-hydrogen) atoms. The first-order chi connectivity index (χ1) is 14.4. The number of amides is 2. The maximum absolute atomic E-state index is 12.8. The summed E-state index contributed by atoms with van der Waals surface area (Å²) in [4.78, 5) is 27.7. The summed E-state index contributed by atoms with van der Waals surface area (Å²) < 4.78 is 1.99. The summed E-state index contributed by atoms with van der Waals surface area (Å²) >= 11 is 1.49. The third-order valence-corrected chi connectivity index (χ3v) is 6.73. The van der Waals surface area contributed by atoms with Crippen molar-refractivity contribution < 1.29 is 9.59 Å². The molecule has 1 fully saturated rings. The van der Waals surface area contributed by atoms with Crippen LogP contribution in [0.3, 0.4) is 0 Å². The average Bonchev–Trinajstić information content (AvgIpc) is 3.26. The Labute approximate surface area is 179 Å². The number of aryl methyl sites for hydroxylation is 2.